The SMILES string of the molecule is Nc1ccnc(-c2cscc2Br)c1. The standard InChI is InChI=1S/C9H7BrN2S/c10-8-5-13-4-7(8)9-3-6(11)1-2-12-9/h1-5H,(H2,11,12). The number of hydrogen-bond donors (Lipinski definition) is 1. The molecule has 0 radical (unpaired) electrons. The maximum Gasteiger partial charge on any atom is 0.0742 e. The van der Waals surface area contributed by atoms with Crippen LogP contribution >= 0.6 is 27.3 Å². The zero-order valence-corrected chi connectivity index (χ0v) is 9.10. The Hall–Kier alpha value is -0.870. The number of nitrogens with zero attached hydrogens (tertiary/aromatic N) is 1. The van der Waals surface area contributed by atoms with E-state index >= 15 is 0 Å². The van der Waals surface area contributed by atoms with Crippen molar-refractivity contribution in [3.63, 3.8) is 0 Å². The van der Waals surface area contributed by atoms with Crippen molar-refractivity contribution in [3.05, 3.63) is 33.6 Å². The Kier molecular flexibility index (Phi) is 2.33. The number of anilines is 1. The number of hydrogen-bond acceptors (Lipinski definition) is 3. The summed E-state index contributed by atoms with van der Waals surface area (Å²) in [6.07, 6.45) is 1.72. The number of pyridine rings is 1. The highest BCUT2D eigenvalue weighted by Crippen LogP contribution is 2.30. The Morgan fingerprint density at radius 1 is 1.38 bits per heavy atom. The highest BCUT2D eigenvalue weighted by molar-refractivity contribution is 9.10. The number of nitrogen functional groups attached to an aromatic ring is 1. The van der Waals surface area contributed by atoms with Gasteiger partial charge in [0.1, 0.15) is 0 Å². The van der Waals surface area contributed by atoms with E-state index in [2.05, 4.69) is 20.9 Å². The van der Waals surface area contributed by atoms with Gasteiger partial charge in [0, 0.05) is 32.7 Å². The zero-order chi connectivity index (χ0) is 9.26. The molecule has 0 unspecified atom stereocenters. The van der Waals surface area contributed by atoms with Gasteiger partial charge >= 0.3 is 0 Å². The average molecular weight is 255 g/mol. The van der Waals surface area contributed by atoms with Crippen LogP contribution < -0.4 is 5.73 Å². The van der Waals surface area contributed by atoms with Crippen molar-refractivity contribution in [3.8, 4) is 11.3 Å². The molecule has 0 aliphatic heterocycles. The van der Waals surface area contributed by atoms with Crippen LogP contribution in [-0.2, 0) is 0 Å². The van der Waals surface area contributed by atoms with Crippen LogP contribution in [0.2, 0.25) is 0 Å². The Bertz CT molecular complexity index is 425. The molecule has 0 fully saturated rings. The molecule has 4 heteroatoms. The zero-order valence-electron chi connectivity index (χ0n) is 6.70. The van der Waals surface area contributed by atoms with Gasteiger partial charge in [-0.1, -0.05) is 0 Å². The van der Waals surface area contributed by atoms with Crippen LogP contribution in [0.25, 0.3) is 11.3 Å². The molecule has 0 aliphatic rings. The molecule has 0 amide bonds. The van der Waals surface area contributed by atoms with Gasteiger partial charge in [-0.3, -0.25) is 4.98 Å². The van der Waals surface area contributed by atoms with Crippen LogP contribution in [0.3, 0.4) is 0 Å². The molecule has 2 rings (SSSR count). The van der Waals surface area contributed by atoms with Crippen molar-refractivity contribution in [2.75, 3.05) is 5.73 Å². The van der Waals surface area contributed by atoms with Gasteiger partial charge in [-0.05, 0) is 28.1 Å². The summed E-state index contributed by atoms with van der Waals surface area (Å²) < 4.78 is 1.07. The summed E-state index contributed by atoms with van der Waals surface area (Å²) >= 11 is 5.10. The molecule has 0 spiro atoms. The van der Waals surface area contributed by atoms with Crippen LogP contribution in [0.15, 0.2) is 33.6 Å². The summed E-state index contributed by atoms with van der Waals surface area (Å²) in [4.78, 5) is 4.24. The largest absolute Gasteiger partial charge is 0.399 e. The Morgan fingerprint density at radius 2 is 2.23 bits per heavy atom. The van der Waals surface area contributed by atoms with E-state index in [0.717, 1.165) is 21.4 Å². The summed E-state index contributed by atoms with van der Waals surface area (Å²) in [5, 5.41) is 4.08. The Balaban J connectivity index is 2.53. The molecule has 2 aromatic rings. The van der Waals surface area contributed by atoms with Gasteiger partial charge in [0.05, 0.1) is 5.69 Å². The lowest BCUT2D eigenvalue weighted by Gasteiger charge is -1.98. The fourth-order valence-electron chi connectivity index (χ4n) is 1.06. The molecule has 0 aromatic carbocycles. The second-order valence-electron chi connectivity index (χ2n) is 2.61. The molecule has 0 bridgehead atoms. The first kappa shape index (κ1) is 8.72. The number of nitrogens with two attached hydrogens (primary N) is 1. The fourth-order valence-corrected chi connectivity index (χ4v) is 2.55. The summed E-state index contributed by atoms with van der Waals surface area (Å²) in [6, 6.07) is 3.65. The van der Waals surface area contributed by atoms with Crippen LogP contribution in [0.4, 0.5) is 5.69 Å². The van der Waals surface area contributed by atoms with E-state index in [1.807, 2.05) is 16.8 Å². The van der Waals surface area contributed by atoms with Crippen LogP contribution in [-0.4, -0.2) is 4.98 Å². The fraction of sp³-hybridized carbons (Fsp3) is 0. The molecule has 2 N–H and O–H groups in total. The van der Waals surface area contributed by atoms with Gasteiger partial charge in [-0.25, -0.2) is 0 Å². The molecular formula is C9H7BrN2S. The van der Waals surface area contributed by atoms with E-state index in [9.17, 15) is 0 Å². The van der Waals surface area contributed by atoms with Gasteiger partial charge < -0.3 is 5.73 Å². The molecule has 66 valence electrons. The predicted octanol–water partition coefficient (Wildman–Crippen LogP) is 3.15. The third kappa shape index (κ3) is 1.73. The first-order valence-electron chi connectivity index (χ1n) is 3.71. The quantitative estimate of drug-likeness (QED) is 0.850. The van der Waals surface area contributed by atoms with Gasteiger partial charge in [-0.2, -0.15) is 11.3 Å². The summed E-state index contributed by atoms with van der Waals surface area (Å²) in [6.45, 7) is 0. The number of aromatic nitrogens is 1. The highest BCUT2D eigenvalue weighted by Gasteiger charge is 2.04. The second-order valence-corrected chi connectivity index (χ2v) is 4.21. The summed E-state index contributed by atoms with van der Waals surface area (Å²) in [5.74, 6) is 0. The van der Waals surface area contributed by atoms with Crippen molar-refractivity contribution in [1.82, 2.24) is 4.98 Å². The van der Waals surface area contributed by atoms with Crippen LogP contribution in [0.1, 0.15) is 0 Å². The van der Waals surface area contributed by atoms with E-state index in [-0.39, 0.29) is 0 Å². The lowest BCUT2D eigenvalue weighted by molar-refractivity contribution is 1.33. The lowest BCUT2D eigenvalue weighted by Crippen LogP contribution is -1.87. The van der Waals surface area contributed by atoms with Crippen molar-refractivity contribution in [2.24, 2.45) is 0 Å². The third-order valence-corrected chi connectivity index (χ3v) is 3.38. The first-order valence-corrected chi connectivity index (χ1v) is 5.44. The van der Waals surface area contributed by atoms with E-state index in [1.165, 1.54) is 0 Å². The van der Waals surface area contributed by atoms with Crippen molar-refractivity contribution >= 4 is 33.0 Å². The summed E-state index contributed by atoms with van der Waals surface area (Å²) in [5.41, 5.74) is 8.41. The predicted molar refractivity (Wildman–Crippen MR) is 59.7 cm³/mol. The van der Waals surface area contributed by atoms with Gasteiger partial charge in [0.2, 0.25) is 0 Å². The summed E-state index contributed by atoms with van der Waals surface area (Å²) in [7, 11) is 0. The average Bonchev–Trinajstić information content (AvgIpc) is 2.51. The van der Waals surface area contributed by atoms with E-state index < -0.39 is 0 Å². The molecule has 0 atom stereocenters. The van der Waals surface area contributed by atoms with Crippen molar-refractivity contribution in [1.29, 1.82) is 0 Å². The lowest BCUT2D eigenvalue weighted by atomic mass is 10.2. The van der Waals surface area contributed by atoms with Crippen LogP contribution in [0.5, 0.6) is 0 Å². The third-order valence-electron chi connectivity index (χ3n) is 1.67. The topological polar surface area (TPSA) is 38.9 Å². The Labute approximate surface area is 88.6 Å². The number of thiophene rings is 1. The minimum Gasteiger partial charge on any atom is -0.399 e. The maximum atomic E-state index is 5.66. The van der Waals surface area contributed by atoms with E-state index in [1.54, 1.807) is 23.6 Å². The number of halogens is 1. The Morgan fingerprint density at radius 3 is 2.85 bits per heavy atom. The van der Waals surface area contributed by atoms with Gasteiger partial charge in [0.15, 0.2) is 0 Å². The van der Waals surface area contributed by atoms with Gasteiger partial charge in [-0.15, -0.1) is 0 Å². The monoisotopic (exact) mass is 254 g/mol. The molecule has 2 aromatic heterocycles. The molecule has 2 nitrogen and oxygen atoms in total. The molecule has 0 aliphatic carbocycles. The minimum atomic E-state index is 0.739. The van der Waals surface area contributed by atoms with E-state index in [4.69, 9.17) is 5.73 Å². The normalized spacial score (nSPS) is 10.2. The minimum absolute atomic E-state index is 0.739. The highest BCUT2D eigenvalue weighted by atomic mass is 79.9. The molecule has 2 heterocycles. The maximum absolute atomic E-state index is 5.66. The van der Waals surface area contributed by atoms with Crippen molar-refractivity contribution < 1.29 is 0 Å². The first-order chi connectivity index (χ1) is 6.27. The molecular weight excluding hydrogens is 248 g/mol. The molecule has 13 heavy (non-hydrogen) atoms. The molecule has 0 saturated heterocycles. The second kappa shape index (κ2) is 3.47. The molecule has 0 saturated carbocycles. The smallest absolute Gasteiger partial charge is 0.0742 e. The van der Waals surface area contributed by atoms with E-state index in [0.29, 0.717) is 0 Å². The number of rotatable bonds is 1. The van der Waals surface area contributed by atoms with Crippen LogP contribution in [0, 0.1) is 0 Å². The van der Waals surface area contributed by atoms with Crippen molar-refractivity contribution in [2.45, 2.75) is 0 Å². The van der Waals surface area contributed by atoms with Gasteiger partial charge in [0.25, 0.3) is 0 Å².